The number of hydrogen-bond acceptors (Lipinski definition) is 5. The SMILES string of the molecule is CCCNc1cc(C)nc(CSCCN(C)C)n1. The first-order valence-corrected chi connectivity index (χ1v) is 7.58. The van der Waals surface area contributed by atoms with Crippen molar-refractivity contribution in [2.45, 2.75) is 26.0 Å². The fourth-order valence-electron chi connectivity index (χ4n) is 1.45. The fraction of sp³-hybridized carbons (Fsp3) is 0.692. The van der Waals surface area contributed by atoms with Gasteiger partial charge in [-0.1, -0.05) is 6.92 Å². The summed E-state index contributed by atoms with van der Waals surface area (Å²) < 4.78 is 0. The topological polar surface area (TPSA) is 41.1 Å². The van der Waals surface area contributed by atoms with Gasteiger partial charge in [0.1, 0.15) is 11.6 Å². The van der Waals surface area contributed by atoms with Gasteiger partial charge in [0, 0.05) is 30.6 Å². The molecule has 1 aromatic rings. The summed E-state index contributed by atoms with van der Waals surface area (Å²) in [6.45, 7) is 6.23. The molecule has 0 bridgehead atoms. The Morgan fingerprint density at radius 2 is 2.11 bits per heavy atom. The van der Waals surface area contributed by atoms with Gasteiger partial charge in [0.15, 0.2) is 0 Å². The van der Waals surface area contributed by atoms with Crippen LogP contribution in [0.4, 0.5) is 5.82 Å². The zero-order valence-electron chi connectivity index (χ0n) is 11.9. The second-order valence-electron chi connectivity index (χ2n) is 4.59. The molecule has 0 unspecified atom stereocenters. The lowest BCUT2D eigenvalue weighted by Crippen LogP contribution is -2.15. The lowest BCUT2D eigenvalue weighted by atomic mass is 10.4. The summed E-state index contributed by atoms with van der Waals surface area (Å²) in [7, 11) is 4.19. The highest BCUT2D eigenvalue weighted by Crippen LogP contribution is 2.12. The Balaban J connectivity index is 2.46. The third-order valence-corrected chi connectivity index (χ3v) is 3.30. The molecule has 1 rings (SSSR count). The number of aromatic nitrogens is 2. The van der Waals surface area contributed by atoms with Gasteiger partial charge in [-0.05, 0) is 27.4 Å². The van der Waals surface area contributed by atoms with Crippen molar-refractivity contribution in [1.82, 2.24) is 14.9 Å². The molecule has 0 aliphatic heterocycles. The van der Waals surface area contributed by atoms with Crippen molar-refractivity contribution in [3.63, 3.8) is 0 Å². The summed E-state index contributed by atoms with van der Waals surface area (Å²) in [4.78, 5) is 11.2. The molecule has 0 aliphatic rings. The molecule has 18 heavy (non-hydrogen) atoms. The number of hydrogen-bond donors (Lipinski definition) is 1. The molecule has 0 aliphatic carbocycles. The van der Waals surface area contributed by atoms with E-state index in [2.05, 4.69) is 41.2 Å². The smallest absolute Gasteiger partial charge is 0.140 e. The van der Waals surface area contributed by atoms with Crippen molar-refractivity contribution in [1.29, 1.82) is 0 Å². The first-order valence-electron chi connectivity index (χ1n) is 6.42. The van der Waals surface area contributed by atoms with Crippen molar-refractivity contribution >= 4 is 17.6 Å². The van der Waals surface area contributed by atoms with Crippen LogP contribution in [0.1, 0.15) is 24.9 Å². The van der Waals surface area contributed by atoms with Gasteiger partial charge in [-0.25, -0.2) is 9.97 Å². The van der Waals surface area contributed by atoms with Crippen LogP contribution in [0.25, 0.3) is 0 Å². The number of rotatable bonds is 8. The van der Waals surface area contributed by atoms with E-state index in [1.807, 2.05) is 24.8 Å². The van der Waals surface area contributed by atoms with Crippen LogP contribution in [0.3, 0.4) is 0 Å². The van der Waals surface area contributed by atoms with E-state index in [9.17, 15) is 0 Å². The summed E-state index contributed by atoms with van der Waals surface area (Å²) in [5.41, 5.74) is 1.03. The van der Waals surface area contributed by atoms with Gasteiger partial charge in [0.25, 0.3) is 0 Å². The normalized spacial score (nSPS) is 10.9. The zero-order chi connectivity index (χ0) is 13.4. The van der Waals surface area contributed by atoms with E-state index in [-0.39, 0.29) is 0 Å². The summed E-state index contributed by atoms with van der Waals surface area (Å²) in [5.74, 6) is 3.88. The van der Waals surface area contributed by atoms with Gasteiger partial charge >= 0.3 is 0 Å². The quantitative estimate of drug-likeness (QED) is 0.733. The number of anilines is 1. The highest BCUT2D eigenvalue weighted by Gasteiger charge is 2.02. The Labute approximate surface area is 115 Å². The van der Waals surface area contributed by atoms with Gasteiger partial charge < -0.3 is 10.2 Å². The maximum absolute atomic E-state index is 4.53. The van der Waals surface area contributed by atoms with Crippen molar-refractivity contribution in [2.75, 3.05) is 38.3 Å². The molecule has 0 saturated carbocycles. The first-order chi connectivity index (χ1) is 8.61. The number of nitrogens with one attached hydrogen (secondary N) is 1. The van der Waals surface area contributed by atoms with Crippen LogP contribution in [-0.4, -0.2) is 47.8 Å². The van der Waals surface area contributed by atoms with Crippen LogP contribution in [0.5, 0.6) is 0 Å². The minimum absolute atomic E-state index is 0.885. The van der Waals surface area contributed by atoms with Gasteiger partial charge in [0.2, 0.25) is 0 Å². The summed E-state index contributed by atoms with van der Waals surface area (Å²) in [6, 6.07) is 2.00. The lowest BCUT2D eigenvalue weighted by Gasteiger charge is -2.09. The van der Waals surface area contributed by atoms with E-state index in [4.69, 9.17) is 0 Å². The Hall–Kier alpha value is -0.810. The minimum Gasteiger partial charge on any atom is -0.370 e. The van der Waals surface area contributed by atoms with E-state index >= 15 is 0 Å². The molecule has 0 spiro atoms. The van der Waals surface area contributed by atoms with Gasteiger partial charge in [-0.3, -0.25) is 0 Å². The van der Waals surface area contributed by atoms with Crippen molar-refractivity contribution < 1.29 is 0 Å². The molecule has 4 nitrogen and oxygen atoms in total. The number of aryl methyl sites for hydroxylation is 1. The fourth-order valence-corrected chi connectivity index (χ4v) is 2.40. The molecule has 0 saturated heterocycles. The van der Waals surface area contributed by atoms with Crippen LogP contribution < -0.4 is 5.32 Å². The van der Waals surface area contributed by atoms with E-state index in [0.717, 1.165) is 48.4 Å². The van der Waals surface area contributed by atoms with Gasteiger partial charge in [-0.15, -0.1) is 0 Å². The molecule has 1 aromatic heterocycles. The van der Waals surface area contributed by atoms with E-state index in [0.29, 0.717) is 0 Å². The third kappa shape index (κ3) is 6.21. The number of nitrogens with zero attached hydrogens (tertiary/aromatic N) is 3. The van der Waals surface area contributed by atoms with Crippen LogP contribution in [0.2, 0.25) is 0 Å². The molecule has 0 amide bonds. The van der Waals surface area contributed by atoms with Gasteiger partial charge in [0.05, 0.1) is 5.75 Å². The van der Waals surface area contributed by atoms with Crippen LogP contribution in [0.15, 0.2) is 6.07 Å². The monoisotopic (exact) mass is 268 g/mol. The average Bonchev–Trinajstić information content (AvgIpc) is 2.31. The first kappa shape index (κ1) is 15.2. The van der Waals surface area contributed by atoms with Crippen molar-refractivity contribution in [2.24, 2.45) is 0 Å². The highest BCUT2D eigenvalue weighted by molar-refractivity contribution is 7.98. The number of thioether (sulfide) groups is 1. The van der Waals surface area contributed by atoms with Gasteiger partial charge in [-0.2, -0.15) is 11.8 Å². The van der Waals surface area contributed by atoms with Crippen LogP contribution in [0, 0.1) is 6.92 Å². The van der Waals surface area contributed by atoms with Crippen LogP contribution in [-0.2, 0) is 5.75 Å². The minimum atomic E-state index is 0.885. The Kier molecular flexibility index (Phi) is 7.05. The van der Waals surface area contributed by atoms with E-state index in [1.165, 1.54) is 0 Å². The summed E-state index contributed by atoms with van der Waals surface area (Å²) in [5, 5.41) is 3.32. The maximum atomic E-state index is 4.53. The molecule has 0 atom stereocenters. The molecule has 5 heteroatoms. The largest absolute Gasteiger partial charge is 0.370 e. The third-order valence-electron chi connectivity index (χ3n) is 2.37. The van der Waals surface area contributed by atoms with Crippen molar-refractivity contribution in [3.8, 4) is 0 Å². The molecule has 1 heterocycles. The second kappa shape index (κ2) is 8.32. The molecular weight excluding hydrogens is 244 g/mol. The second-order valence-corrected chi connectivity index (χ2v) is 5.70. The average molecular weight is 268 g/mol. The summed E-state index contributed by atoms with van der Waals surface area (Å²) >= 11 is 1.88. The van der Waals surface area contributed by atoms with E-state index in [1.54, 1.807) is 0 Å². The summed E-state index contributed by atoms with van der Waals surface area (Å²) in [6.07, 6.45) is 1.11. The predicted octanol–water partition coefficient (Wildman–Crippen LogP) is 2.40. The maximum Gasteiger partial charge on any atom is 0.140 e. The van der Waals surface area contributed by atoms with E-state index < -0.39 is 0 Å². The Morgan fingerprint density at radius 1 is 1.33 bits per heavy atom. The lowest BCUT2D eigenvalue weighted by molar-refractivity contribution is 0.437. The highest BCUT2D eigenvalue weighted by atomic mass is 32.2. The Morgan fingerprint density at radius 3 is 2.78 bits per heavy atom. The van der Waals surface area contributed by atoms with Crippen molar-refractivity contribution in [3.05, 3.63) is 17.6 Å². The molecule has 102 valence electrons. The zero-order valence-corrected chi connectivity index (χ0v) is 12.7. The molecule has 0 radical (unpaired) electrons. The molecule has 0 aromatic carbocycles. The predicted molar refractivity (Wildman–Crippen MR) is 80.3 cm³/mol. The van der Waals surface area contributed by atoms with Crippen LogP contribution >= 0.6 is 11.8 Å². The molecule has 1 N–H and O–H groups in total. The molecular formula is C13H24N4S. The molecule has 0 fully saturated rings. The Bertz CT molecular complexity index is 355. The standard InChI is InChI=1S/C13H24N4S/c1-5-6-14-12-9-11(2)15-13(16-12)10-18-8-7-17(3)4/h9H,5-8,10H2,1-4H3,(H,14,15,16).